The molecule has 2 fully saturated rings. The van der Waals surface area contributed by atoms with Gasteiger partial charge in [-0.05, 0) is 6.42 Å². The molecule has 2 bridgehead atoms. The minimum atomic E-state index is 0.258. The summed E-state index contributed by atoms with van der Waals surface area (Å²) >= 11 is 0. The van der Waals surface area contributed by atoms with E-state index in [-0.39, 0.29) is 12.2 Å². The first-order chi connectivity index (χ1) is 6.42. The molecule has 0 aromatic carbocycles. The van der Waals surface area contributed by atoms with Crippen LogP contribution in [0.3, 0.4) is 0 Å². The van der Waals surface area contributed by atoms with Crippen molar-refractivity contribution in [3.8, 4) is 0 Å². The van der Waals surface area contributed by atoms with Crippen LogP contribution in [0, 0.1) is 11.8 Å². The first kappa shape index (κ1) is 6.80. The molecule has 6 atom stereocenters. The molecule has 13 heavy (non-hydrogen) atoms. The Kier molecular flexibility index (Phi) is 1.08. The summed E-state index contributed by atoms with van der Waals surface area (Å²) < 4.78 is 12.0. The van der Waals surface area contributed by atoms with Crippen molar-refractivity contribution in [3.05, 3.63) is 24.3 Å². The first-order valence-electron chi connectivity index (χ1n) is 5.09. The quantitative estimate of drug-likeness (QED) is 0.518. The number of fused-ring (bicyclic) bond motifs is 6. The van der Waals surface area contributed by atoms with Crippen LogP contribution in [0.25, 0.3) is 0 Å². The molecule has 4 rings (SSSR count). The summed E-state index contributed by atoms with van der Waals surface area (Å²) in [5.41, 5.74) is 0. The third-order valence-corrected chi connectivity index (χ3v) is 3.76. The van der Waals surface area contributed by atoms with Gasteiger partial charge in [-0.15, -0.1) is 0 Å². The molecule has 68 valence electrons. The number of ether oxygens (including phenoxy) is 2. The SMILES string of the molecule is C1=CC2CC1[C@H]1O[C@H]3C=C[C@H]3O[C@@H]21. The predicted molar refractivity (Wildman–Crippen MR) is 47.2 cm³/mol. The van der Waals surface area contributed by atoms with E-state index in [1.54, 1.807) is 0 Å². The van der Waals surface area contributed by atoms with Crippen molar-refractivity contribution >= 4 is 0 Å². The summed E-state index contributed by atoms with van der Waals surface area (Å²) in [6.45, 7) is 0. The van der Waals surface area contributed by atoms with E-state index in [0.29, 0.717) is 24.0 Å². The van der Waals surface area contributed by atoms with Gasteiger partial charge in [0.1, 0.15) is 12.2 Å². The fraction of sp³-hybridized carbons (Fsp3) is 0.636. The molecule has 3 aliphatic carbocycles. The van der Waals surface area contributed by atoms with E-state index in [4.69, 9.17) is 9.47 Å². The predicted octanol–water partition coefficient (Wildman–Crippen LogP) is 1.28. The molecule has 1 saturated heterocycles. The second-order valence-corrected chi connectivity index (χ2v) is 4.46. The zero-order valence-corrected chi connectivity index (χ0v) is 7.30. The van der Waals surface area contributed by atoms with Crippen molar-refractivity contribution in [1.29, 1.82) is 0 Å². The van der Waals surface area contributed by atoms with Crippen LogP contribution >= 0.6 is 0 Å². The zero-order chi connectivity index (χ0) is 8.41. The molecule has 2 unspecified atom stereocenters. The van der Waals surface area contributed by atoms with Gasteiger partial charge in [0.25, 0.3) is 0 Å². The van der Waals surface area contributed by atoms with Crippen molar-refractivity contribution in [2.75, 3.05) is 0 Å². The highest BCUT2D eigenvalue weighted by Crippen LogP contribution is 2.47. The molecule has 2 heteroatoms. The fourth-order valence-corrected chi connectivity index (χ4v) is 2.99. The van der Waals surface area contributed by atoms with E-state index in [9.17, 15) is 0 Å². The summed E-state index contributed by atoms with van der Waals surface area (Å²) in [4.78, 5) is 0. The lowest BCUT2D eigenvalue weighted by Crippen LogP contribution is -2.52. The topological polar surface area (TPSA) is 18.5 Å². The lowest BCUT2D eigenvalue weighted by Gasteiger charge is -2.44. The Morgan fingerprint density at radius 1 is 0.769 bits per heavy atom. The Balaban J connectivity index is 1.69. The summed E-state index contributed by atoms with van der Waals surface area (Å²) in [7, 11) is 0. The van der Waals surface area contributed by atoms with Crippen LogP contribution < -0.4 is 0 Å². The lowest BCUT2D eigenvalue weighted by molar-refractivity contribution is -0.203. The Bertz CT molecular complexity index is 279. The third kappa shape index (κ3) is 0.720. The van der Waals surface area contributed by atoms with Crippen LogP contribution in [0.15, 0.2) is 24.3 Å². The van der Waals surface area contributed by atoms with E-state index < -0.39 is 0 Å². The van der Waals surface area contributed by atoms with Crippen molar-refractivity contribution in [3.63, 3.8) is 0 Å². The standard InChI is InChI=1S/C11H12O2/c1-2-7-5-6(1)10-11(7)13-9-4-3-8(9)12-10/h1-4,6-11H,5H2/t6?,7?,8-,9+,10+,11-. The maximum absolute atomic E-state index is 5.98. The van der Waals surface area contributed by atoms with Crippen LogP contribution in [0.1, 0.15) is 6.42 Å². The largest absolute Gasteiger partial charge is 0.365 e. The average Bonchev–Trinajstić information content (AvgIpc) is 2.67. The van der Waals surface area contributed by atoms with Crippen LogP contribution in [0.2, 0.25) is 0 Å². The third-order valence-electron chi connectivity index (χ3n) is 3.76. The maximum atomic E-state index is 5.98. The van der Waals surface area contributed by atoms with Crippen molar-refractivity contribution in [1.82, 2.24) is 0 Å². The lowest BCUT2D eigenvalue weighted by atomic mass is 9.94. The summed E-state index contributed by atoms with van der Waals surface area (Å²) in [5, 5.41) is 0. The molecule has 0 radical (unpaired) electrons. The molecular weight excluding hydrogens is 164 g/mol. The Labute approximate surface area is 77.2 Å². The van der Waals surface area contributed by atoms with Gasteiger partial charge in [0, 0.05) is 11.8 Å². The molecule has 0 aromatic rings. The van der Waals surface area contributed by atoms with Crippen LogP contribution in [-0.2, 0) is 9.47 Å². The van der Waals surface area contributed by atoms with E-state index >= 15 is 0 Å². The molecule has 1 aliphatic heterocycles. The van der Waals surface area contributed by atoms with E-state index in [0.717, 1.165) is 0 Å². The zero-order valence-electron chi connectivity index (χ0n) is 7.30. The first-order valence-corrected chi connectivity index (χ1v) is 5.09. The van der Waals surface area contributed by atoms with Crippen molar-refractivity contribution < 1.29 is 9.47 Å². The van der Waals surface area contributed by atoms with E-state index in [1.807, 2.05) is 0 Å². The van der Waals surface area contributed by atoms with Gasteiger partial charge >= 0.3 is 0 Å². The number of hydrogen-bond donors (Lipinski definition) is 0. The second-order valence-electron chi connectivity index (χ2n) is 4.46. The molecule has 0 aromatic heterocycles. The molecule has 1 saturated carbocycles. The van der Waals surface area contributed by atoms with Crippen LogP contribution in [0.5, 0.6) is 0 Å². The van der Waals surface area contributed by atoms with Crippen LogP contribution in [-0.4, -0.2) is 24.4 Å². The highest BCUT2D eigenvalue weighted by molar-refractivity contribution is 5.22. The molecular formula is C11H12O2. The molecule has 4 aliphatic rings. The summed E-state index contributed by atoms with van der Waals surface area (Å²) in [6, 6.07) is 0. The van der Waals surface area contributed by atoms with E-state index in [1.165, 1.54) is 6.42 Å². The summed E-state index contributed by atoms with van der Waals surface area (Å²) in [5.74, 6) is 1.26. The second kappa shape index (κ2) is 2.07. The maximum Gasteiger partial charge on any atom is 0.106 e. The van der Waals surface area contributed by atoms with Gasteiger partial charge in [-0.25, -0.2) is 0 Å². The van der Waals surface area contributed by atoms with E-state index in [2.05, 4.69) is 24.3 Å². The van der Waals surface area contributed by atoms with Crippen molar-refractivity contribution in [2.24, 2.45) is 11.8 Å². The monoisotopic (exact) mass is 176 g/mol. The molecule has 0 amide bonds. The van der Waals surface area contributed by atoms with Gasteiger partial charge in [-0.3, -0.25) is 0 Å². The summed E-state index contributed by atoms with van der Waals surface area (Å²) in [6.07, 6.45) is 11.3. The fourth-order valence-electron chi connectivity index (χ4n) is 2.99. The Morgan fingerprint density at radius 3 is 1.77 bits per heavy atom. The number of hydrogen-bond acceptors (Lipinski definition) is 2. The van der Waals surface area contributed by atoms with Gasteiger partial charge in [0.2, 0.25) is 0 Å². The van der Waals surface area contributed by atoms with Gasteiger partial charge in [0.15, 0.2) is 0 Å². The van der Waals surface area contributed by atoms with Gasteiger partial charge in [-0.2, -0.15) is 0 Å². The van der Waals surface area contributed by atoms with Crippen molar-refractivity contribution in [2.45, 2.75) is 30.8 Å². The minimum absolute atomic E-state index is 0.258. The van der Waals surface area contributed by atoms with Gasteiger partial charge in [-0.1, -0.05) is 24.3 Å². The molecule has 0 spiro atoms. The molecule has 2 nitrogen and oxygen atoms in total. The minimum Gasteiger partial charge on any atom is -0.365 e. The Hall–Kier alpha value is -0.600. The highest BCUT2D eigenvalue weighted by Gasteiger charge is 2.52. The average molecular weight is 176 g/mol. The normalized spacial score (nSPS) is 60.3. The molecule has 0 N–H and O–H groups in total. The Morgan fingerprint density at radius 2 is 1.31 bits per heavy atom. The van der Waals surface area contributed by atoms with Gasteiger partial charge < -0.3 is 9.47 Å². The molecule has 1 heterocycles. The smallest absolute Gasteiger partial charge is 0.106 e. The van der Waals surface area contributed by atoms with Crippen LogP contribution in [0.4, 0.5) is 0 Å². The number of rotatable bonds is 0. The highest BCUT2D eigenvalue weighted by atomic mass is 16.6. The van der Waals surface area contributed by atoms with Gasteiger partial charge in [0.05, 0.1) is 12.2 Å².